The zero-order valence-corrected chi connectivity index (χ0v) is 10.5. The van der Waals surface area contributed by atoms with Crippen LogP contribution in [0.15, 0.2) is 5.38 Å². The first-order chi connectivity index (χ1) is 7.81. The second-order valence-electron chi connectivity index (χ2n) is 4.29. The van der Waals surface area contributed by atoms with Crippen molar-refractivity contribution in [1.29, 1.82) is 0 Å². The molecular formula is C11H19N3OS. The smallest absolute Gasteiger partial charge is 0.119 e. The Hall–Kier alpha value is -0.490. The molecule has 2 heterocycles. The molecule has 16 heavy (non-hydrogen) atoms. The predicted molar refractivity (Wildman–Crippen MR) is 65.3 cm³/mol. The molecule has 1 atom stereocenters. The molecule has 0 radical (unpaired) electrons. The summed E-state index contributed by atoms with van der Waals surface area (Å²) in [5, 5.41) is 3.19. The molecule has 1 aliphatic rings. The van der Waals surface area contributed by atoms with E-state index in [0.717, 1.165) is 36.9 Å². The Balaban J connectivity index is 1.84. The summed E-state index contributed by atoms with van der Waals surface area (Å²) in [5.41, 5.74) is 6.84. The molecule has 4 nitrogen and oxygen atoms in total. The molecule has 1 aliphatic heterocycles. The minimum Gasteiger partial charge on any atom is -0.378 e. The van der Waals surface area contributed by atoms with Crippen LogP contribution >= 0.6 is 11.3 Å². The molecule has 1 saturated heterocycles. The third-order valence-electron chi connectivity index (χ3n) is 2.96. The van der Waals surface area contributed by atoms with Gasteiger partial charge in [0.15, 0.2) is 0 Å². The minimum absolute atomic E-state index is 0.621. The van der Waals surface area contributed by atoms with Crippen molar-refractivity contribution in [3.05, 3.63) is 16.1 Å². The van der Waals surface area contributed by atoms with E-state index in [0.29, 0.717) is 12.5 Å². The van der Waals surface area contributed by atoms with E-state index in [4.69, 9.17) is 10.5 Å². The average molecular weight is 241 g/mol. The number of hydrogen-bond donors (Lipinski definition) is 1. The molecule has 0 aromatic carbocycles. The quantitative estimate of drug-likeness (QED) is 0.838. The van der Waals surface area contributed by atoms with E-state index in [2.05, 4.69) is 15.3 Å². The van der Waals surface area contributed by atoms with E-state index < -0.39 is 0 Å². The molecule has 2 rings (SSSR count). The first-order valence-corrected chi connectivity index (χ1v) is 6.54. The van der Waals surface area contributed by atoms with Crippen molar-refractivity contribution >= 4 is 11.3 Å². The van der Waals surface area contributed by atoms with Crippen molar-refractivity contribution < 1.29 is 4.74 Å². The fourth-order valence-electron chi connectivity index (χ4n) is 2.09. The molecule has 0 spiro atoms. The highest BCUT2D eigenvalue weighted by molar-refractivity contribution is 7.09. The Morgan fingerprint density at radius 2 is 2.56 bits per heavy atom. The van der Waals surface area contributed by atoms with E-state index in [1.54, 1.807) is 18.4 Å². The average Bonchev–Trinajstić information content (AvgIpc) is 2.89. The number of methoxy groups -OCH3 is 1. The molecule has 5 heteroatoms. The van der Waals surface area contributed by atoms with Crippen LogP contribution in [0.4, 0.5) is 0 Å². The largest absolute Gasteiger partial charge is 0.378 e. The van der Waals surface area contributed by atoms with Gasteiger partial charge in [-0.2, -0.15) is 0 Å². The van der Waals surface area contributed by atoms with Gasteiger partial charge in [-0.1, -0.05) is 0 Å². The van der Waals surface area contributed by atoms with Gasteiger partial charge >= 0.3 is 0 Å². The van der Waals surface area contributed by atoms with Crippen LogP contribution in [0.1, 0.15) is 17.1 Å². The number of nitrogens with two attached hydrogens (primary N) is 1. The lowest BCUT2D eigenvalue weighted by atomic mass is 10.1. The maximum atomic E-state index is 5.68. The van der Waals surface area contributed by atoms with Crippen LogP contribution in [0.3, 0.4) is 0 Å². The monoisotopic (exact) mass is 241 g/mol. The second kappa shape index (κ2) is 5.72. The number of hydrogen-bond acceptors (Lipinski definition) is 5. The predicted octanol–water partition coefficient (Wildman–Crippen LogP) is 1.07. The van der Waals surface area contributed by atoms with Gasteiger partial charge in [0.05, 0.1) is 12.3 Å². The van der Waals surface area contributed by atoms with E-state index in [1.165, 1.54) is 6.42 Å². The van der Waals surface area contributed by atoms with Crippen molar-refractivity contribution in [3.63, 3.8) is 0 Å². The van der Waals surface area contributed by atoms with E-state index in [-0.39, 0.29) is 0 Å². The number of thiazole rings is 1. The van der Waals surface area contributed by atoms with E-state index in [1.807, 2.05) is 0 Å². The standard InChI is InChI=1S/C11H19N3OS/c1-15-7-11-13-10(8-16-11)6-14-3-2-9(4-12)5-14/h8-9H,2-7,12H2,1H3. The van der Waals surface area contributed by atoms with Crippen LogP contribution in [-0.4, -0.2) is 36.6 Å². The molecule has 0 bridgehead atoms. The van der Waals surface area contributed by atoms with Crippen LogP contribution in [0, 0.1) is 5.92 Å². The van der Waals surface area contributed by atoms with Crippen molar-refractivity contribution in [2.75, 3.05) is 26.7 Å². The highest BCUT2D eigenvalue weighted by atomic mass is 32.1. The van der Waals surface area contributed by atoms with Crippen LogP contribution < -0.4 is 5.73 Å². The summed E-state index contributed by atoms with van der Waals surface area (Å²) in [6.45, 7) is 4.65. The van der Waals surface area contributed by atoms with Crippen LogP contribution in [0.5, 0.6) is 0 Å². The zero-order valence-electron chi connectivity index (χ0n) is 9.69. The highest BCUT2D eigenvalue weighted by Gasteiger charge is 2.21. The molecule has 0 amide bonds. The van der Waals surface area contributed by atoms with Crippen molar-refractivity contribution in [1.82, 2.24) is 9.88 Å². The fraction of sp³-hybridized carbons (Fsp3) is 0.727. The van der Waals surface area contributed by atoms with Gasteiger partial charge in [-0.3, -0.25) is 4.90 Å². The van der Waals surface area contributed by atoms with Gasteiger partial charge in [0, 0.05) is 25.6 Å². The van der Waals surface area contributed by atoms with Gasteiger partial charge < -0.3 is 10.5 Å². The molecule has 0 aliphatic carbocycles. The lowest BCUT2D eigenvalue weighted by molar-refractivity contribution is 0.184. The zero-order chi connectivity index (χ0) is 11.4. The Morgan fingerprint density at radius 3 is 3.25 bits per heavy atom. The normalized spacial score (nSPS) is 21.8. The van der Waals surface area contributed by atoms with Gasteiger partial charge in [0.2, 0.25) is 0 Å². The highest BCUT2D eigenvalue weighted by Crippen LogP contribution is 2.19. The van der Waals surface area contributed by atoms with Crippen LogP contribution in [0.25, 0.3) is 0 Å². The Kier molecular flexibility index (Phi) is 4.29. The summed E-state index contributed by atoms with van der Waals surface area (Å²) in [7, 11) is 1.70. The van der Waals surface area contributed by atoms with Crippen LogP contribution in [-0.2, 0) is 17.9 Å². The molecule has 0 saturated carbocycles. The molecule has 1 aromatic rings. The molecule has 1 aromatic heterocycles. The van der Waals surface area contributed by atoms with E-state index >= 15 is 0 Å². The van der Waals surface area contributed by atoms with Crippen molar-refractivity contribution in [3.8, 4) is 0 Å². The lowest BCUT2D eigenvalue weighted by Crippen LogP contribution is -2.22. The number of ether oxygens (including phenoxy) is 1. The number of likely N-dealkylation sites (tertiary alicyclic amines) is 1. The number of aromatic nitrogens is 1. The lowest BCUT2D eigenvalue weighted by Gasteiger charge is -2.13. The Morgan fingerprint density at radius 1 is 1.69 bits per heavy atom. The van der Waals surface area contributed by atoms with Gasteiger partial charge in [0.1, 0.15) is 5.01 Å². The fourth-order valence-corrected chi connectivity index (χ4v) is 2.84. The van der Waals surface area contributed by atoms with Crippen molar-refractivity contribution in [2.24, 2.45) is 11.7 Å². The second-order valence-corrected chi connectivity index (χ2v) is 5.23. The van der Waals surface area contributed by atoms with Crippen LogP contribution in [0.2, 0.25) is 0 Å². The molecule has 2 N–H and O–H groups in total. The summed E-state index contributed by atoms with van der Waals surface area (Å²) < 4.78 is 5.06. The Labute approximate surface area is 100 Å². The third kappa shape index (κ3) is 3.01. The third-order valence-corrected chi connectivity index (χ3v) is 3.83. The first-order valence-electron chi connectivity index (χ1n) is 5.66. The van der Waals surface area contributed by atoms with Gasteiger partial charge in [-0.05, 0) is 25.4 Å². The summed E-state index contributed by atoms with van der Waals surface area (Å²) in [6, 6.07) is 0. The van der Waals surface area contributed by atoms with Gasteiger partial charge in [0.25, 0.3) is 0 Å². The topological polar surface area (TPSA) is 51.4 Å². The SMILES string of the molecule is COCc1nc(CN2CCC(CN)C2)cs1. The van der Waals surface area contributed by atoms with Gasteiger partial charge in [-0.25, -0.2) is 4.98 Å². The maximum absolute atomic E-state index is 5.68. The van der Waals surface area contributed by atoms with E-state index in [9.17, 15) is 0 Å². The number of rotatable bonds is 5. The summed E-state index contributed by atoms with van der Waals surface area (Å²) in [5.74, 6) is 0.678. The molecule has 1 unspecified atom stereocenters. The summed E-state index contributed by atoms with van der Waals surface area (Å²) in [6.07, 6.45) is 1.23. The molecule has 90 valence electrons. The maximum Gasteiger partial charge on any atom is 0.119 e. The Bertz CT molecular complexity index is 329. The minimum atomic E-state index is 0.621. The summed E-state index contributed by atoms with van der Waals surface area (Å²) >= 11 is 1.68. The molecule has 1 fully saturated rings. The van der Waals surface area contributed by atoms with Gasteiger partial charge in [-0.15, -0.1) is 11.3 Å². The van der Waals surface area contributed by atoms with Crippen molar-refractivity contribution in [2.45, 2.75) is 19.6 Å². The molecular weight excluding hydrogens is 222 g/mol. The first kappa shape index (κ1) is 12.0. The summed E-state index contributed by atoms with van der Waals surface area (Å²) in [4.78, 5) is 6.97. The number of nitrogens with zero attached hydrogens (tertiary/aromatic N) is 2.